The fourth-order valence-corrected chi connectivity index (χ4v) is 2.76. The van der Waals surface area contributed by atoms with E-state index in [1.165, 1.54) is 6.26 Å². The number of anilines is 1. The van der Waals surface area contributed by atoms with Gasteiger partial charge in [0.15, 0.2) is 15.8 Å². The van der Waals surface area contributed by atoms with Crippen molar-refractivity contribution in [1.29, 1.82) is 0 Å². The van der Waals surface area contributed by atoms with Crippen LogP contribution < -0.4 is 10.2 Å². The van der Waals surface area contributed by atoms with Gasteiger partial charge in [-0.15, -0.1) is 0 Å². The van der Waals surface area contributed by atoms with E-state index in [-0.39, 0.29) is 19.0 Å². The van der Waals surface area contributed by atoms with Crippen molar-refractivity contribution in [2.75, 3.05) is 44.4 Å². The molecule has 0 atom stereocenters. The van der Waals surface area contributed by atoms with Gasteiger partial charge in [-0.2, -0.15) is 5.10 Å². The lowest BCUT2D eigenvalue weighted by Crippen LogP contribution is -2.57. The van der Waals surface area contributed by atoms with Crippen LogP contribution in [-0.4, -0.2) is 79.2 Å². The second-order valence-electron chi connectivity index (χ2n) is 6.77. The standard InChI is InChI=1S/C15H26N6O3S/c1-15(2,25(5,23)24)11-17-14(16-3)20-6-7-21(13(22)10-20)12-8-18-19(4)9-12/h8-9H,6-7,10-11H2,1-5H3,(H,16,17). The lowest BCUT2D eigenvalue weighted by atomic mass is 10.2. The molecule has 0 aliphatic carbocycles. The maximum atomic E-state index is 12.5. The Labute approximate surface area is 148 Å². The summed E-state index contributed by atoms with van der Waals surface area (Å²) in [4.78, 5) is 20.2. The van der Waals surface area contributed by atoms with Crippen LogP contribution in [0.3, 0.4) is 0 Å². The minimum Gasteiger partial charge on any atom is -0.355 e. The predicted octanol–water partition coefficient (Wildman–Crippen LogP) is -0.533. The Bertz CT molecular complexity index is 768. The number of carbonyl (C=O) groups is 1. The number of aryl methyl sites for hydroxylation is 1. The molecular formula is C15H26N6O3S. The van der Waals surface area contributed by atoms with Gasteiger partial charge in [-0.25, -0.2) is 8.42 Å². The molecule has 0 spiro atoms. The summed E-state index contributed by atoms with van der Waals surface area (Å²) >= 11 is 0. The number of hydrogen-bond acceptors (Lipinski definition) is 5. The molecule has 1 fully saturated rings. The third-order valence-electron chi connectivity index (χ3n) is 4.41. The number of amides is 1. The third kappa shape index (κ3) is 4.30. The first-order valence-corrected chi connectivity index (χ1v) is 9.88. The third-order valence-corrected chi connectivity index (χ3v) is 6.56. The van der Waals surface area contributed by atoms with E-state index in [1.54, 1.807) is 49.9 Å². The normalized spacial score (nSPS) is 17.2. The molecule has 1 aromatic rings. The Morgan fingerprint density at radius 2 is 2.08 bits per heavy atom. The van der Waals surface area contributed by atoms with Crippen LogP contribution >= 0.6 is 0 Å². The number of nitrogens with zero attached hydrogens (tertiary/aromatic N) is 5. The van der Waals surface area contributed by atoms with Gasteiger partial charge in [0.1, 0.15) is 6.54 Å². The number of nitrogens with one attached hydrogen (secondary N) is 1. The van der Waals surface area contributed by atoms with E-state index in [9.17, 15) is 13.2 Å². The van der Waals surface area contributed by atoms with Gasteiger partial charge in [-0.3, -0.25) is 14.5 Å². The molecule has 1 N–H and O–H groups in total. The highest BCUT2D eigenvalue weighted by atomic mass is 32.2. The molecule has 1 amide bonds. The van der Waals surface area contributed by atoms with Crippen molar-refractivity contribution in [3.05, 3.63) is 12.4 Å². The lowest BCUT2D eigenvalue weighted by molar-refractivity contribution is -0.120. The average molecular weight is 370 g/mol. The van der Waals surface area contributed by atoms with Crippen molar-refractivity contribution >= 4 is 27.4 Å². The van der Waals surface area contributed by atoms with Gasteiger partial charge in [0.05, 0.1) is 16.6 Å². The van der Waals surface area contributed by atoms with E-state index in [2.05, 4.69) is 15.4 Å². The summed E-state index contributed by atoms with van der Waals surface area (Å²) in [6.45, 7) is 4.83. The van der Waals surface area contributed by atoms with E-state index in [0.29, 0.717) is 19.0 Å². The molecule has 0 unspecified atom stereocenters. The maximum absolute atomic E-state index is 12.5. The molecule has 0 bridgehead atoms. The molecule has 1 aromatic heterocycles. The highest BCUT2D eigenvalue weighted by Gasteiger charge is 2.32. The molecule has 25 heavy (non-hydrogen) atoms. The lowest BCUT2D eigenvalue weighted by Gasteiger charge is -2.36. The van der Waals surface area contributed by atoms with E-state index in [4.69, 9.17) is 0 Å². The summed E-state index contributed by atoms with van der Waals surface area (Å²) in [5.74, 6) is 0.473. The number of piperazine rings is 1. The molecule has 1 saturated heterocycles. The maximum Gasteiger partial charge on any atom is 0.246 e. The zero-order valence-electron chi connectivity index (χ0n) is 15.4. The second kappa shape index (κ2) is 7.03. The molecule has 10 heteroatoms. The Balaban J connectivity index is 2.01. The average Bonchev–Trinajstić information content (AvgIpc) is 2.93. The monoisotopic (exact) mass is 370 g/mol. The van der Waals surface area contributed by atoms with Crippen LogP contribution in [-0.2, 0) is 21.7 Å². The van der Waals surface area contributed by atoms with Crippen molar-refractivity contribution in [3.63, 3.8) is 0 Å². The fraction of sp³-hybridized carbons (Fsp3) is 0.667. The summed E-state index contributed by atoms with van der Waals surface area (Å²) in [5.41, 5.74) is 0.772. The zero-order chi connectivity index (χ0) is 18.8. The number of guanidine groups is 1. The number of carbonyl (C=O) groups excluding carboxylic acids is 1. The summed E-state index contributed by atoms with van der Waals surface area (Å²) in [6, 6.07) is 0. The fourth-order valence-electron chi connectivity index (χ4n) is 2.43. The first-order valence-electron chi connectivity index (χ1n) is 7.99. The quantitative estimate of drug-likeness (QED) is 0.565. The SMILES string of the molecule is CN=C(NCC(C)(C)S(C)(=O)=O)N1CCN(c2cnn(C)c2)C(=O)C1. The molecule has 140 valence electrons. The number of rotatable bonds is 4. The van der Waals surface area contributed by atoms with Gasteiger partial charge in [0.2, 0.25) is 5.91 Å². The van der Waals surface area contributed by atoms with E-state index in [1.807, 2.05) is 4.90 Å². The van der Waals surface area contributed by atoms with E-state index < -0.39 is 14.6 Å². The van der Waals surface area contributed by atoms with Crippen LogP contribution in [0.25, 0.3) is 0 Å². The van der Waals surface area contributed by atoms with E-state index in [0.717, 1.165) is 5.69 Å². The molecule has 0 radical (unpaired) electrons. The smallest absolute Gasteiger partial charge is 0.246 e. The first-order chi connectivity index (χ1) is 11.5. The van der Waals surface area contributed by atoms with Gasteiger partial charge >= 0.3 is 0 Å². The van der Waals surface area contributed by atoms with Crippen molar-refractivity contribution in [3.8, 4) is 0 Å². The molecular weight excluding hydrogens is 344 g/mol. The van der Waals surface area contributed by atoms with Crippen molar-refractivity contribution in [2.24, 2.45) is 12.0 Å². The van der Waals surface area contributed by atoms with Crippen molar-refractivity contribution in [1.82, 2.24) is 20.0 Å². The Morgan fingerprint density at radius 1 is 1.40 bits per heavy atom. The van der Waals surface area contributed by atoms with Crippen LogP contribution in [0.1, 0.15) is 13.8 Å². The summed E-state index contributed by atoms with van der Waals surface area (Å²) in [6.07, 6.45) is 4.68. The van der Waals surface area contributed by atoms with Gasteiger partial charge in [0.25, 0.3) is 0 Å². The van der Waals surface area contributed by atoms with Crippen LogP contribution in [0.15, 0.2) is 17.4 Å². The minimum absolute atomic E-state index is 0.0513. The molecule has 2 heterocycles. The summed E-state index contributed by atoms with van der Waals surface area (Å²) < 4.78 is 24.4. The highest BCUT2D eigenvalue weighted by molar-refractivity contribution is 7.92. The number of aliphatic imine (C=N–C) groups is 1. The minimum atomic E-state index is -3.21. The number of aromatic nitrogens is 2. The largest absolute Gasteiger partial charge is 0.355 e. The van der Waals surface area contributed by atoms with E-state index >= 15 is 0 Å². The predicted molar refractivity (Wildman–Crippen MR) is 97.4 cm³/mol. The Hall–Kier alpha value is -2.10. The van der Waals surface area contributed by atoms with Crippen LogP contribution in [0, 0.1) is 0 Å². The Morgan fingerprint density at radius 3 is 2.56 bits per heavy atom. The highest BCUT2D eigenvalue weighted by Crippen LogP contribution is 2.17. The number of sulfone groups is 1. The van der Waals surface area contributed by atoms with Gasteiger partial charge in [0, 0.05) is 46.2 Å². The van der Waals surface area contributed by atoms with Crippen molar-refractivity contribution < 1.29 is 13.2 Å². The van der Waals surface area contributed by atoms with Crippen LogP contribution in [0.4, 0.5) is 5.69 Å². The van der Waals surface area contributed by atoms with Gasteiger partial charge in [-0.1, -0.05) is 0 Å². The van der Waals surface area contributed by atoms with Crippen molar-refractivity contribution in [2.45, 2.75) is 18.6 Å². The molecule has 0 saturated carbocycles. The number of hydrogen-bond donors (Lipinski definition) is 1. The molecule has 1 aliphatic rings. The molecule has 9 nitrogen and oxygen atoms in total. The van der Waals surface area contributed by atoms with Crippen LogP contribution in [0.2, 0.25) is 0 Å². The topological polar surface area (TPSA) is 99.9 Å². The molecule has 2 rings (SSSR count). The zero-order valence-corrected chi connectivity index (χ0v) is 16.2. The summed E-state index contributed by atoms with van der Waals surface area (Å²) in [5, 5.41) is 7.17. The first kappa shape index (κ1) is 19.2. The molecule has 1 aliphatic heterocycles. The summed E-state index contributed by atoms with van der Waals surface area (Å²) in [7, 11) is 0.213. The van der Waals surface area contributed by atoms with Gasteiger partial charge in [-0.05, 0) is 13.8 Å². The second-order valence-corrected chi connectivity index (χ2v) is 9.42. The van der Waals surface area contributed by atoms with Crippen LogP contribution in [0.5, 0.6) is 0 Å². The van der Waals surface area contributed by atoms with Gasteiger partial charge < -0.3 is 15.1 Å². The molecule has 0 aromatic carbocycles. The Kier molecular flexibility index (Phi) is 5.40.